The highest BCUT2D eigenvalue weighted by atomic mass is 15.3. The summed E-state index contributed by atoms with van der Waals surface area (Å²) in [6.45, 7) is 7.12. The molecule has 0 saturated heterocycles. The Morgan fingerprint density at radius 1 is 1.04 bits per heavy atom. The third-order valence-electron chi connectivity index (χ3n) is 4.99. The van der Waals surface area contributed by atoms with Crippen LogP contribution in [0.4, 0.5) is 17.5 Å². The molecule has 3 aromatic rings. The number of benzene rings is 2. The van der Waals surface area contributed by atoms with Gasteiger partial charge < -0.3 is 10.2 Å². The minimum atomic E-state index is 0.394. The fourth-order valence-corrected chi connectivity index (χ4v) is 3.65. The maximum atomic E-state index is 4.81. The fourth-order valence-electron chi connectivity index (χ4n) is 3.65. The first-order chi connectivity index (χ1) is 12.6. The molecule has 132 valence electrons. The van der Waals surface area contributed by atoms with Crippen LogP contribution in [-0.4, -0.2) is 16.0 Å². The van der Waals surface area contributed by atoms with Crippen molar-refractivity contribution in [1.29, 1.82) is 0 Å². The van der Waals surface area contributed by atoms with Gasteiger partial charge in [-0.05, 0) is 49.9 Å². The average molecular weight is 344 g/mol. The molecule has 4 rings (SSSR count). The summed E-state index contributed by atoms with van der Waals surface area (Å²) in [4.78, 5) is 11.7. The number of rotatable bonds is 4. The molecule has 1 aliphatic heterocycles. The van der Waals surface area contributed by atoms with E-state index in [1.54, 1.807) is 0 Å². The molecule has 0 aliphatic carbocycles. The van der Waals surface area contributed by atoms with Gasteiger partial charge in [0.25, 0.3) is 0 Å². The van der Waals surface area contributed by atoms with Gasteiger partial charge in [-0.1, -0.05) is 42.5 Å². The van der Waals surface area contributed by atoms with Crippen molar-refractivity contribution < 1.29 is 0 Å². The molecule has 26 heavy (non-hydrogen) atoms. The van der Waals surface area contributed by atoms with E-state index in [0.29, 0.717) is 12.0 Å². The number of nitrogens with zero attached hydrogens (tertiary/aromatic N) is 3. The van der Waals surface area contributed by atoms with Crippen molar-refractivity contribution in [3.63, 3.8) is 0 Å². The molecule has 0 radical (unpaired) electrons. The minimum Gasteiger partial charge on any atom is -0.350 e. The van der Waals surface area contributed by atoms with Crippen molar-refractivity contribution in [3.05, 3.63) is 77.0 Å². The van der Waals surface area contributed by atoms with Crippen molar-refractivity contribution in [3.8, 4) is 0 Å². The summed E-state index contributed by atoms with van der Waals surface area (Å²) in [7, 11) is 0. The molecule has 0 saturated carbocycles. The molecule has 2 heterocycles. The maximum absolute atomic E-state index is 4.81. The minimum absolute atomic E-state index is 0.394. The van der Waals surface area contributed by atoms with Gasteiger partial charge in [0, 0.05) is 30.0 Å². The van der Waals surface area contributed by atoms with E-state index in [-0.39, 0.29) is 0 Å². The number of anilines is 3. The molecule has 1 unspecified atom stereocenters. The lowest BCUT2D eigenvalue weighted by Crippen LogP contribution is -2.25. The second kappa shape index (κ2) is 6.79. The fraction of sp³-hybridized carbons (Fsp3) is 0.273. The first-order valence-corrected chi connectivity index (χ1v) is 9.13. The molecule has 2 aromatic carbocycles. The van der Waals surface area contributed by atoms with Crippen LogP contribution in [0.25, 0.3) is 0 Å². The number of aryl methyl sites for hydroxylation is 2. The highest BCUT2D eigenvalue weighted by molar-refractivity contribution is 5.69. The summed E-state index contributed by atoms with van der Waals surface area (Å²) in [6, 6.07) is 19.4. The van der Waals surface area contributed by atoms with Crippen LogP contribution in [0.5, 0.6) is 0 Å². The highest BCUT2D eigenvalue weighted by Gasteiger charge is 2.28. The van der Waals surface area contributed by atoms with Crippen LogP contribution < -0.4 is 10.2 Å². The van der Waals surface area contributed by atoms with Crippen LogP contribution >= 0.6 is 0 Å². The Bertz CT molecular complexity index is 935. The topological polar surface area (TPSA) is 41.1 Å². The molecule has 0 fully saturated rings. The number of aromatic nitrogens is 2. The van der Waals surface area contributed by atoms with Gasteiger partial charge in [0.15, 0.2) is 0 Å². The van der Waals surface area contributed by atoms with E-state index in [2.05, 4.69) is 83.6 Å². The van der Waals surface area contributed by atoms with E-state index in [1.807, 2.05) is 6.92 Å². The van der Waals surface area contributed by atoms with Crippen molar-refractivity contribution >= 4 is 17.5 Å². The first-order valence-electron chi connectivity index (χ1n) is 9.13. The lowest BCUT2D eigenvalue weighted by Gasteiger charge is -2.24. The summed E-state index contributed by atoms with van der Waals surface area (Å²) in [5, 5.41) is 3.40. The molecule has 1 aliphatic rings. The van der Waals surface area contributed by atoms with Gasteiger partial charge in [-0.15, -0.1) is 0 Å². The van der Waals surface area contributed by atoms with E-state index in [4.69, 9.17) is 4.98 Å². The second-order valence-corrected chi connectivity index (χ2v) is 7.02. The summed E-state index contributed by atoms with van der Waals surface area (Å²) < 4.78 is 0. The van der Waals surface area contributed by atoms with E-state index in [1.165, 1.54) is 22.4 Å². The predicted molar refractivity (Wildman–Crippen MR) is 107 cm³/mol. The molecular weight excluding hydrogens is 320 g/mol. The van der Waals surface area contributed by atoms with E-state index in [9.17, 15) is 0 Å². The third kappa shape index (κ3) is 3.15. The lowest BCUT2D eigenvalue weighted by molar-refractivity contribution is 0.748. The Labute approximate surface area is 154 Å². The smallest absolute Gasteiger partial charge is 0.225 e. The zero-order valence-corrected chi connectivity index (χ0v) is 15.5. The highest BCUT2D eigenvalue weighted by Crippen LogP contribution is 2.37. The molecule has 4 heteroatoms. The van der Waals surface area contributed by atoms with Gasteiger partial charge in [0.1, 0.15) is 5.82 Å². The molecule has 0 spiro atoms. The van der Waals surface area contributed by atoms with E-state index >= 15 is 0 Å². The molecule has 0 bridgehead atoms. The number of fused-ring (bicyclic) bond motifs is 1. The van der Waals surface area contributed by atoms with Crippen molar-refractivity contribution in [1.82, 2.24) is 9.97 Å². The zero-order valence-electron chi connectivity index (χ0n) is 15.5. The van der Waals surface area contributed by atoms with Crippen LogP contribution in [0.2, 0.25) is 0 Å². The first kappa shape index (κ1) is 16.6. The normalized spacial score (nSPS) is 15.8. The van der Waals surface area contributed by atoms with Crippen molar-refractivity contribution in [2.75, 3.05) is 10.2 Å². The lowest BCUT2D eigenvalue weighted by atomic mass is 10.1. The zero-order chi connectivity index (χ0) is 18.1. The third-order valence-corrected chi connectivity index (χ3v) is 4.99. The quantitative estimate of drug-likeness (QED) is 0.739. The Kier molecular flexibility index (Phi) is 4.33. The standard InChI is InChI=1S/C22H24N4/c1-15-8-4-5-10-19(15)14-23-22-24-16(2)12-21(25-22)26-17(3)13-18-9-6-7-11-20(18)26/h4-12,17H,13-14H2,1-3H3,(H,23,24,25). The monoisotopic (exact) mass is 344 g/mol. The Hall–Kier alpha value is -2.88. The van der Waals surface area contributed by atoms with E-state index in [0.717, 1.165) is 24.5 Å². The van der Waals surface area contributed by atoms with E-state index < -0.39 is 0 Å². The number of hydrogen-bond donors (Lipinski definition) is 1. The van der Waals surface area contributed by atoms with Gasteiger partial charge in [0.05, 0.1) is 0 Å². The summed E-state index contributed by atoms with van der Waals surface area (Å²) in [6.07, 6.45) is 1.05. The molecular formula is C22H24N4. The molecule has 1 atom stereocenters. The van der Waals surface area contributed by atoms with Crippen LogP contribution in [0.3, 0.4) is 0 Å². The largest absolute Gasteiger partial charge is 0.350 e. The summed E-state index contributed by atoms with van der Waals surface area (Å²) in [5.74, 6) is 1.64. The van der Waals surface area contributed by atoms with Gasteiger partial charge in [-0.2, -0.15) is 4.98 Å². The van der Waals surface area contributed by atoms with Gasteiger partial charge in [0.2, 0.25) is 5.95 Å². The van der Waals surface area contributed by atoms with Crippen LogP contribution in [0.1, 0.15) is 29.3 Å². The van der Waals surface area contributed by atoms with Gasteiger partial charge in [-0.25, -0.2) is 4.98 Å². The number of nitrogens with one attached hydrogen (secondary N) is 1. The van der Waals surface area contributed by atoms with Gasteiger partial charge in [-0.3, -0.25) is 0 Å². The van der Waals surface area contributed by atoms with Gasteiger partial charge >= 0.3 is 0 Å². The SMILES string of the molecule is Cc1cc(N2c3ccccc3CC2C)nc(NCc2ccccc2C)n1. The number of hydrogen-bond acceptors (Lipinski definition) is 4. The maximum Gasteiger partial charge on any atom is 0.225 e. The molecule has 1 N–H and O–H groups in total. The summed E-state index contributed by atoms with van der Waals surface area (Å²) >= 11 is 0. The van der Waals surface area contributed by atoms with Crippen molar-refractivity contribution in [2.24, 2.45) is 0 Å². The van der Waals surface area contributed by atoms with Crippen molar-refractivity contribution in [2.45, 2.75) is 39.8 Å². The Morgan fingerprint density at radius 2 is 1.81 bits per heavy atom. The number of para-hydroxylation sites is 1. The Balaban J connectivity index is 1.62. The molecule has 1 aromatic heterocycles. The average Bonchev–Trinajstić information content (AvgIpc) is 2.96. The van der Waals surface area contributed by atoms with Crippen LogP contribution in [0, 0.1) is 13.8 Å². The molecule has 0 amide bonds. The molecule has 4 nitrogen and oxygen atoms in total. The second-order valence-electron chi connectivity index (χ2n) is 7.02. The predicted octanol–water partition coefficient (Wildman–Crippen LogP) is 4.79. The van der Waals surface area contributed by atoms with Crippen LogP contribution in [-0.2, 0) is 13.0 Å². The van der Waals surface area contributed by atoms with Crippen LogP contribution in [0.15, 0.2) is 54.6 Å². The Morgan fingerprint density at radius 3 is 2.65 bits per heavy atom. The summed E-state index contributed by atoms with van der Waals surface area (Å²) in [5.41, 5.74) is 6.14.